The molecule has 1 fully saturated rings. The van der Waals surface area contributed by atoms with Crippen LogP contribution in [0, 0.1) is 0 Å². The fourth-order valence-corrected chi connectivity index (χ4v) is 4.42. The van der Waals surface area contributed by atoms with Gasteiger partial charge in [-0.2, -0.15) is 0 Å². The monoisotopic (exact) mass is 367 g/mol. The maximum atomic E-state index is 12.4. The number of amides is 1. The molecule has 0 spiro atoms. The number of nitrogens with zero attached hydrogens (tertiary/aromatic N) is 2. The lowest BCUT2D eigenvalue weighted by Crippen LogP contribution is -2.33. The minimum Gasteiger partial charge on any atom is -0.376 e. The number of aryl methyl sites for hydroxylation is 1. The molecule has 0 unspecified atom stereocenters. The molecule has 0 bridgehead atoms. The Labute approximate surface area is 148 Å². The van der Waals surface area contributed by atoms with Crippen molar-refractivity contribution in [3.63, 3.8) is 0 Å². The van der Waals surface area contributed by atoms with E-state index in [0.29, 0.717) is 17.1 Å². The third kappa shape index (κ3) is 3.81. The van der Waals surface area contributed by atoms with E-state index in [4.69, 9.17) is 4.74 Å². The molecule has 3 heterocycles. The van der Waals surface area contributed by atoms with Crippen LogP contribution in [-0.2, 0) is 23.0 Å². The van der Waals surface area contributed by atoms with Crippen LogP contribution in [0.25, 0.3) is 10.2 Å². The number of rotatable bonds is 6. The predicted octanol–water partition coefficient (Wildman–Crippen LogP) is 1.94. The van der Waals surface area contributed by atoms with Gasteiger partial charge in [0.05, 0.1) is 17.2 Å². The first-order valence-electron chi connectivity index (χ1n) is 8.09. The lowest BCUT2D eigenvalue weighted by Gasteiger charge is -2.11. The second kappa shape index (κ2) is 7.67. The summed E-state index contributed by atoms with van der Waals surface area (Å²) in [7, 11) is 1.70. The molecule has 1 saturated heterocycles. The summed E-state index contributed by atoms with van der Waals surface area (Å²) in [6, 6.07) is 1.91. The van der Waals surface area contributed by atoms with Gasteiger partial charge >= 0.3 is 0 Å². The van der Waals surface area contributed by atoms with Crippen LogP contribution in [0.1, 0.15) is 24.6 Å². The molecular formula is C16H21N3O3S2. The molecule has 3 rings (SSSR count). The number of nitrogens with one attached hydrogen (secondary N) is 1. The Kier molecular flexibility index (Phi) is 5.57. The molecule has 1 atom stereocenters. The van der Waals surface area contributed by atoms with E-state index in [1.165, 1.54) is 16.3 Å². The summed E-state index contributed by atoms with van der Waals surface area (Å²) in [5, 5.41) is 4.11. The van der Waals surface area contributed by atoms with E-state index in [1.807, 2.05) is 6.07 Å². The van der Waals surface area contributed by atoms with E-state index >= 15 is 0 Å². The van der Waals surface area contributed by atoms with E-state index in [-0.39, 0.29) is 23.3 Å². The number of ether oxygens (including phenoxy) is 1. The van der Waals surface area contributed by atoms with Crippen LogP contribution in [-0.4, -0.2) is 40.5 Å². The van der Waals surface area contributed by atoms with Gasteiger partial charge in [-0.15, -0.1) is 11.3 Å². The molecule has 8 heteroatoms. The van der Waals surface area contributed by atoms with Crippen LogP contribution in [0.2, 0.25) is 0 Å². The predicted molar refractivity (Wildman–Crippen MR) is 96.9 cm³/mol. The highest BCUT2D eigenvalue weighted by Crippen LogP contribution is 2.24. The molecule has 0 aromatic carbocycles. The molecule has 24 heavy (non-hydrogen) atoms. The number of hydrogen-bond donors (Lipinski definition) is 1. The van der Waals surface area contributed by atoms with Crippen LogP contribution in [0.3, 0.4) is 0 Å². The Hall–Kier alpha value is -1.38. The SMILES string of the molecule is CCc1cc2c(=O)n(C)c(SCC(=O)NC[C@@H]3CCCO3)nc2s1. The molecule has 1 aliphatic heterocycles. The summed E-state index contributed by atoms with van der Waals surface area (Å²) in [5.41, 5.74) is -0.0572. The number of thiophene rings is 1. The first kappa shape index (κ1) is 17.4. The molecule has 0 saturated carbocycles. The van der Waals surface area contributed by atoms with Crippen LogP contribution >= 0.6 is 23.1 Å². The topological polar surface area (TPSA) is 73.2 Å². The zero-order valence-electron chi connectivity index (χ0n) is 13.8. The summed E-state index contributed by atoms with van der Waals surface area (Å²) in [6.45, 7) is 3.39. The van der Waals surface area contributed by atoms with Crippen LogP contribution in [0.4, 0.5) is 0 Å². The Morgan fingerprint density at radius 2 is 2.42 bits per heavy atom. The molecule has 1 aliphatic rings. The van der Waals surface area contributed by atoms with E-state index in [2.05, 4.69) is 17.2 Å². The maximum absolute atomic E-state index is 12.4. The minimum atomic E-state index is -0.0646. The zero-order valence-corrected chi connectivity index (χ0v) is 15.5. The third-order valence-electron chi connectivity index (χ3n) is 4.01. The Morgan fingerprint density at radius 1 is 1.58 bits per heavy atom. The van der Waals surface area contributed by atoms with Gasteiger partial charge in [-0.05, 0) is 25.3 Å². The van der Waals surface area contributed by atoms with Crippen LogP contribution in [0.5, 0.6) is 0 Å². The van der Waals surface area contributed by atoms with Gasteiger partial charge < -0.3 is 10.1 Å². The van der Waals surface area contributed by atoms with Crippen molar-refractivity contribution in [3.05, 3.63) is 21.3 Å². The van der Waals surface area contributed by atoms with Crippen molar-refractivity contribution < 1.29 is 9.53 Å². The lowest BCUT2D eigenvalue weighted by molar-refractivity contribution is -0.119. The first-order chi connectivity index (χ1) is 11.6. The van der Waals surface area contributed by atoms with E-state index < -0.39 is 0 Å². The summed E-state index contributed by atoms with van der Waals surface area (Å²) < 4.78 is 7.00. The average molecular weight is 367 g/mol. The number of fused-ring (bicyclic) bond motifs is 1. The van der Waals surface area contributed by atoms with Gasteiger partial charge in [0.25, 0.3) is 5.56 Å². The summed E-state index contributed by atoms with van der Waals surface area (Å²) in [6.07, 6.45) is 3.08. The highest BCUT2D eigenvalue weighted by Gasteiger charge is 2.17. The molecule has 0 radical (unpaired) electrons. The normalized spacial score (nSPS) is 17.5. The zero-order chi connectivity index (χ0) is 17.1. The Morgan fingerprint density at radius 3 is 3.12 bits per heavy atom. The smallest absolute Gasteiger partial charge is 0.262 e. The van der Waals surface area contributed by atoms with Crippen LogP contribution < -0.4 is 10.9 Å². The van der Waals surface area contributed by atoms with Gasteiger partial charge in [-0.1, -0.05) is 18.7 Å². The van der Waals surface area contributed by atoms with Crippen molar-refractivity contribution in [3.8, 4) is 0 Å². The van der Waals surface area contributed by atoms with Crippen molar-refractivity contribution in [2.75, 3.05) is 18.9 Å². The van der Waals surface area contributed by atoms with Gasteiger partial charge in [0, 0.05) is 25.1 Å². The van der Waals surface area contributed by atoms with Crippen LogP contribution in [0.15, 0.2) is 16.0 Å². The molecule has 2 aromatic heterocycles. The van der Waals surface area contributed by atoms with Gasteiger partial charge in [0.1, 0.15) is 4.83 Å². The van der Waals surface area contributed by atoms with Gasteiger partial charge in [-0.3, -0.25) is 14.2 Å². The Balaban J connectivity index is 1.64. The Bertz CT molecular complexity index is 794. The maximum Gasteiger partial charge on any atom is 0.262 e. The number of thioether (sulfide) groups is 1. The number of carbonyl (C=O) groups excluding carboxylic acids is 1. The molecular weight excluding hydrogens is 346 g/mol. The number of aromatic nitrogens is 2. The van der Waals surface area contributed by atoms with Gasteiger partial charge in [0.15, 0.2) is 5.16 Å². The molecule has 6 nitrogen and oxygen atoms in total. The number of hydrogen-bond acceptors (Lipinski definition) is 6. The fourth-order valence-electron chi connectivity index (χ4n) is 2.61. The molecule has 1 N–H and O–H groups in total. The molecule has 2 aromatic rings. The van der Waals surface area contributed by atoms with Crippen molar-refractivity contribution in [2.24, 2.45) is 7.05 Å². The van der Waals surface area contributed by atoms with Crippen molar-refractivity contribution in [2.45, 2.75) is 37.4 Å². The molecule has 0 aliphatic carbocycles. The largest absolute Gasteiger partial charge is 0.376 e. The highest BCUT2D eigenvalue weighted by molar-refractivity contribution is 7.99. The summed E-state index contributed by atoms with van der Waals surface area (Å²) in [5.74, 6) is 0.176. The first-order valence-corrected chi connectivity index (χ1v) is 9.89. The fraction of sp³-hybridized carbons (Fsp3) is 0.562. The lowest BCUT2D eigenvalue weighted by atomic mass is 10.2. The quantitative estimate of drug-likeness (QED) is 0.624. The van der Waals surface area contributed by atoms with E-state index in [1.54, 1.807) is 18.4 Å². The van der Waals surface area contributed by atoms with Crippen molar-refractivity contribution >= 4 is 39.2 Å². The molecule has 130 valence electrons. The standard InChI is InChI=1S/C16H21N3O3S2/c1-3-11-7-12-14(24-11)18-16(19(2)15(12)21)23-9-13(20)17-8-10-5-4-6-22-10/h7,10H,3-6,8-9H2,1-2H3,(H,17,20)/t10-/m0/s1. The number of carbonyl (C=O) groups is 1. The second-order valence-electron chi connectivity index (χ2n) is 5.77. The van der Waals surface area contributed by atoms with Gasteiger partial charge in [-0.25, -0.2) is 4.98 Å². The average Bonchev–Trinajstić information content (AvgIpc) is 3.24. The molecule has 1 amide bonds. The van der Waals surface area contributed by atoms with E-state index in [0.717, 1.165) is 35.6 Å². The highest BCUT2D eigenvalue weighted by atomic mass is 32.2. The minimum absolute atomic E-state index is 0.0572. The van der Waals surface area contributed by atoms with Gasteiger partial charge in [0.2, 0.25) is 5.91 Å². The van der Waals surface area contributed by atoms with E-state index in [9.17, 15) is 9.59 Å². The van der Waals surface area contributed by atoms with Crippen molar-refractivity contribution in [1.82, 2.24) is 14.9 Å². The summed E-state index contributed by atoms with van der Waals surface area (Å²) in [4.78, 5) is 30.9. The summed E-state index contributed by atoms with van der Waals surface area (Å²) >= 11 is 2.83. The second-order valence-corrected chi connectivity index (χ2v) is 7.83. The van der Waals surface area contributed by atoms with Crippen molar-refractivity contribution in [1.29, 1.82) is 0 Å². The third-order valence-corrected chi connectivity index (χ3v) is 6.22.